The molecule has 7 heteroatoms. The van der Waals surface area contributed by atoms with Crippen LogP contribution in [-0.4, -0.2) is 63.2 Å². The standard InChI is InChI=1S/C24H29N3O4/c1-3-31-22-7-5-4-6-21(22)27-17-18(16-23(27)28)24(29)26-14-12-25(13-15-26)19-8-10-20(30-2)11-9-19/h4-11,18H,3,12-17H2,1-2H3/t18-/m0/s1. The van der Waals surface area contributed by atoms with Gasteiger partial charge < -0.3 is 24.2 Å². The summed E-state index contributed by atoms with van der Waals surface area (Å²) in [7, 11) is 1.66. The van der Waals surface area contributed by atoms with E-state index in [0.717, 1.165) is 30.2 Å². The molecule has 0 radical (unpaired) electrons. The Labute approximate surface area is 183 Å². The van der Waals surface area contributed by atoms with Gasteiger partial charge in [0, 0.05) is 44.8 Å². The number of para-hydroxylation sites is 2. The number of rotatable bonds is 6. The van der Waals surface area contributed by atoms with E-state index in [-0.39, 0.29) is 24.2 Å². The van der Waals surface area contributed by atoms with Gasteiger partial charge in [-0.3, -0.25) is 9.59 Å². The maximum absolute atomic E-state index is 13.1. The Bertz CT molecular complexity index is 923. The summed E-state index contributed by atoms with van der Waals surface area (Å²) in [5.74, 6) is 1.25. The zero-order valence-electron chi connectivity index (χ0n) is 18.1. The zero-order valence-corrected chi connectivity index (χ0v) is 18.1. The Balaban J connectivity index is 1.37. The molecule has 2 aliphatic rings. The number of carbonyl (C=O) groups is 2. The average Bonchev–Trinajstić information content (AvgIpc) is 3.21. The minimum Gasteiger partial charge on any atom is -0.497 e. The van der Waals surface area contributed by atoms with Gasteiger partial charge in [-0.2, -0.15) is 0 Å². The molecule has 2 aromatic rings. The van der Waals surface area contributed by atoms with Gasteiger partial charge in [0.15, 0.2) is 0 Å². The quantitative estimate of drug-likeness (QED) is 0.715. The van der Waals surface area contributed by atoms with Crippen molar-refractivity contribution in [3.05, 3.63) is 48.5 Å². The number of nitrogens with zero attached hydrogens (tertiary/aromatic N) is 3. The predicted molar refractivity (Wildman–Crippen MR) is 120 cm³/mol. The highest BCUT2D eigenvalue weighted by atomic mass is 16.5. The van der Waals surface area contributed by atoms with Crippen LogP contribution in [-0.2, 0) is 9.59 Å². The lowest BCUT2D eigenvalue weighted by atomic mass is 10.1. The smallest absolute Gasteiger partial charge is 0.228 e. The number of hydrogen-bond acceptors (Lipinski definition) is 5. The van der Waals surface area contributed by atoms with E-state index in [4.69, 9.17) is 9.47 Å². The Kier molecular flexibility index (Phi) is 6.30. The molecule has 4 rings (SSSR count). The third-order valence-corrected chi connectivity index (χ3v) is 5.96. The number of anilines is 2. The molecular formula is C24H29N3O4. The molecule has 0 N–H and O–H groups in total. The Morgan fingerprint density at radius 1 is 1.03 bits per heavy atom. The summed E-state index contributed by atoms with van der Waals surface area (Å²) in [5.41, 5.74) is 1.87. The van der Waals surface area contributed by atoms with E-state index in [9.17, 15) is 9.59 Å². The van der Waals surface area contributed by atoms with Gasteiger partial charge in [-0.15, -0.1) is 0 Å². The van der Waals surface area contributed by atoms with Crippen molar-refractivity contribution in [2.75, 3.05) is 56.2 Å². The molecule has 0 saturated carbocycles. The lowest BCUT2D eigenvalue weighted by Crippen LogP contribution is -2.50. The first kappa shape index (κ1) is 21.0. The van der Waals surface area contributed by atoms with E-state index in [2.05, 4.69) is 4.90 Å². The third-order valence-electron chi connectivity index (χ3n) is 5.96. The second-order valence-corrected chi connectivity index (χ2v) is 7.82. The van der Waals surface area contributed by atoms with Crippen LogP contribution in [0.1, 0.15) is 13.3 Å². The van der Waals surface area contributed by atoms with Crippen molar-refractivity contribution in [3.8, 4) is 11.5 Å². The fourth-order valence-corrected chi connectivity index (χ4v) is 4.30. The minimum atomic E-state index is -0.310. The molecule has 7 nitrogen and oxygen atoms in total. The van der Waals surface area contributed by atoms with Crippen molar-refractivity contribution in [2.45, 2.75) is 13.3 Å². The minimum absolute atomic E-state index is 0.0256. The SMILES string of the molecule is CCOc1ccccc1N1C[C@@H](C(=O)N2CCN(c3ccc(OC)cc3)CC2)CC1=O. The van der Waals surface area contributed by atoms with E-state index in [1.165, 1.54) is 0 Å². The van der Waals surface area contributed by atoms with Gasteiger partial charge in [0.1, 0.15) is 11.5 Å². The summed E-state index contributed by atoms with van der Waals surface area (Å²) < 4.78 is 10.9. The van der Waals surface area contributed by atoms with Crippen molar-refractivity contribution in [2.24, 2.45) is 5.92 Å². The van der Waals surface area contributed by atoms with E-state index in [1.807, 2.05) is 60.4 Å². The zero-order chi connectivity index (χ0) is 21.8. The number of hydrogen-bond donors (Lipinski definition) is 0. The van der Waals surface area contributed by atoms with Crippen LogP contribution in [0.15, 0.2) is 48.5 Å². The molecule has 0 aromatic heterocycles. The molecule has 2 aliphatic heterocycles. The van der Waals surface area contributed by atoms with Crippen molar-refractivity contribution in [1.82, 2.24) is 4.90 Å². The van der Waals surface area contributed by atoms with Crippen LogP contribution in [0.4, 0.5) is 11.4 Å². The van der Waals surface area contributed by atoms with Crippen molar-refractivity contribution >= 4 is 23.2 Å². The number of amides is 2. The van der Waals surface area contributed by atoms with E-state index >= 15 is 0 Å². The Morgan fingerprint density at radius 2 is 1.74 bits per heavy atom. The number of ether oxygens (including phenoxy) is 2. The van der Waals surface area contributed by atoms with Crippen molar-refractivity contribution in [3.63, 3.8) is 0 Å². The predicted octanol–water partition coefficient (Wildman–Crippen LogP) is 2.80. The first-order valence-corrected chi connectivity index (χ1v) is 10.8. The number of piperazine rings is 1. The summed E-state index contributed by atoms with van der Waals surface area (Å²) in [4.78, 5) is 31.7. The van der Waals surface area contributed by atoms with Crippen LogP contribution in [0.25, 0.3) is 0 Å². The van der Waals surface area contributed by atoms with Gasteiger partial charge in [0.2, 0.25) is 11.8 Å². The molecule has 0 bridgehead atoms. The van der Waals surface area contributed by atoms with Gasteiger partial charge in [-0.1, -0.05) is 12.1 Å². The summed E-state index contributed by atoms with van der Waals surface area (Å²) in [5, 5.41) is 0. The van der Waals surface area contributed by atoms with Gasteiger partial charge in [0.05, 0.1) is 25.3 Å². The average molecular weight is 424 g/mol. The van der Waals surface area contributed by atoms with E-state index in [1.54, 1.807) is 12.0 Å². The first-order chi connectivity index (χ1) is 15.1. The summed E-state index contributed by atoms with van der Waals surface area (Å²) in [6.07, 6.45) is 0.248. The molecule has 164 valence electrons. The summed E-state index contributed by atoms with van der Waals surface area (Å²) in [6, 6.07) is 15.5. The Morgan fingerprint density at radius 3 is 2.42 bits per heavy atom. The van der Waals surface area contributed by atoms with Crippen LogP contribution >= 0.6 is 0 Å². The van der Waals surface area contributed by atoms with Gasteiger partial charge in [-0.05, 0) is 43.3 Å². The van der Waals surface area contributed by atoms with Gasteiger partial charge in [0.25, 0.3) is 0 Å². The van der Waals surface area contributed by atoms with Crippen LogP contribution in [0.3, 0.4) is 0 Å². The first-order valence-electron chi connectivity index (χ1n) is 10.8. The van der Waals surface area contributed by atoms with Gasteiger partial charge >= 0.3 is 0 Å². The van der Waals surface area contributed by atoms with E-state index < -0.39 is 0 Å². The van der Waals surface area contributed by atoms with Crippen LogP contribution in [0, 0.1) is 5.92 Å². The monoisotopic (exact) mass is 423 g/mol. The molecule has 2 amide bonds. The lowest BCUT2D eigenvalue weighted by molar-refractivity contribution is -0.136. The molecule has 2 heterocycles. The van der Waals surface area contributed by atoms with Crippen molar-refractivity contribution < 1.29 is 19.1 Å². The normalized spacial score (nSPS) is 19.0. The fraction of sp³-hybridized carbons (Fsp3) is 0.417. The van der Waals surface area contributed by atoms with Crippen LogP contribution in [0.2, 0.25) is 0 Å². The molecule has 31 heavy (non-hydrogen) atoms. The second-order valence-electron chi connectivity index (χ2n) is 7.82. The maximum atomic E-state index is 13.1. The largest absolute Gasteiger partial charge is 0.497 e. The molecule has 1 atom stereocenters. The van der Waals surface area contributed by atoms with Gasteiger partial charge in [-0.25, -0.2) is 0 Å². The summed E-state index contributed by atoms with van der Waals surface area (Å²) >= 11 is 0. The lowest BCUT2D eigenvalue weighted by Gasteiger charge is -2.37. The Hall–Kier alpha value is -3.22. The topological polar surface area (TPSA) is 62.3 Å². The highest BCUT2D eigenvalue weighted by Gasteiger charge is 2.38. The van der Waals surface area contributed by atoms with Crippen molar-refractivity contribution in [1.29, 1.82) is 0 Å². The molecule has 2 aromatic carbocycles. The number of benzene rings is 2. The molecule has 2 saturated heterocycles. The third kappa shape index (κ3) is 4.45. The highest BCUT2D eigenvalue weighted by molar-refractivity contribution is 6.01. The molecule has 2 fully saturated rings. The summed E-state index contributed by atoms with van der Waals surface area (Å²) in [6.45, 7) is 5.71. The highest BCUT2D eigenvalue weighted by Crippen LogP contribution is 2.33. The van der Waals surface area contributed by atoms with Crippen LogP contribution < -0.4 is 19.3 Å². The van der Waals surface area contributed by atoms with E-state index in [0.29, 0.717) is 32.0 Å². The number of carbonyl (C=O) groups excluding carboxylic acids is 2. The second kappa shape index (κ2) is 9.29. The molecule has 0 unspecified atom stereocenters. The van der Waals surface area contributed by atoms with Crippen LogP contribution in [0.5, 0.6) is 11.5 Å². The molecular weight excluding hydrogens is 394 g/mol. The molecule has 0 aliphatic carbocycles. The molecule has 0 spiro atoms. The fourth-order valence-electron chi connectivity index (χ4n) is 4.30. The number of methoxy groups -OCH3 is 1. The maximum Gasteiger partial charge on any atom is 0.228 e.